The number of rotatable bonds is 6. The molecular formula is C25H26FN5O3. The Hall–Kier alpha value is -3.88. The van der Waals surface area contributed by atoms with Crippen LogP contribution in [0.1, 0.15) is 51.1 Å². The molecule has 34 heavy (non-hydrogen) atoms. The predicted molar refractivity (Wildman–Crippen MR) is 127 cm³/mol. The molecule has 3 N–H and O–H groups in total. The third-order valence-electron chi connectivity index (χ3n) is 6.36. The van der Waals surface area contributed by atoms with E-state index in [1.165, 1.54) is 29.6 Å². The zero-order chi connectivity index (χ0) is 23.8. The lowest BCUT2D eigenvalue weighted by Gasteiger charge is -2.38. The number of piperazine rings is 1. The van der Waals surface area contributed by atoms with Crippen molar-refractivity contribution in [1.29, 1.82) is 0 Å². The Balaban J connectivity index is 1.39. The first-order chi connectivity index (χ1) is 16.4. The van der Waals surface area contributed by atoms with Crippen molar-refractivity contribution in [2.24, 2.45) is 5.73 Å². The Kier molecular flexibility index (Phi) is 5.69. The van der Waals surface area contributed by atoms with Gasteiger partial charge in [-0.3, -0.25) is 9.59 Å². The second-order valence-electron chi connectivity index (χ2n) is 8.77. The van der Waals surface area contributed by atoms with Crippen LogP contribution in [0, 0.1) is 12.7 Å². The second kappa shape index (κ2) is 8.81. The number of aryl methyl sites for hydroxylation is 1. The molecule has 1 saturated carbocycles. The van der Waals surface area contributed by atoms with Crippen molar-refractivity contribution >= 4 is 28.9 Å². The zero-order valence-corrected chi connectivity index (χ0v) is 18.9. The van der Waals surface area contributed by atoms with Crippen molar-refractivity contribution in [3.63, 3.8) is 0 Å². The van der Waals surface area contributed by atoms with Crippen LogP contribution in [0.4, 0.5) is 21.5 Å². The van der Waals surface area contributed by atoms with Gasteiger partial charge in [0.2, 0.25) is 0 Å². The average Bonchev–Trinajstić information content (AvgIpc) is 3.56. The van der Waals surface area contributed by atoms with E-state index in [0.29, 0.717) is 30.4 Å². The first-order valence-corrected chi connectivity index (χ1v) is 11.4. The van der Waals surface area contributed by atoms with Crippen molar-refractivity contribution in [2.75, 3.05) is 41.3 Å². The summed E-state index contributed by atoms with van der Waals surface area (Å²) in [4.78, 5) is 33.2. The molecule has 5 rings (SSSR count). The normalized spacial score (nSPS) is 15.9. The highest BCUT2D eigenvalue weighted by Gasteiger charge is 2.30. The highest BCUT2D eigenvalue weighted by molar-refractivity contribution is 6.06. The molecule has 1 aromatic heterocycles. The first kappa shape index (κ1) is 21.9. The zero-order valence-electron chi connectivity index (χ0n) is 18.9. The highest BCUT2D eigenvalue weighted by Crippen LogP contribution is 2.39. The Morgan fingerprint density at radius 2 is 1.76 bits per heavy atom. The lowest BCUT2D eigenvalue weighted by atomic mass is 10.1. The number of para-hydroxylation sites is 1. The summed E-state index contributed by atoms with van der Waals surface area (Å²) in [5, 5.41) is 2.78. The molecule has 2 aliphatic rings. The predicted octanol–water partition coefficient (Wildman–Crippen LogP) is 3.68. The molecule has 8 nitrogen and oxygen atoms in total. The first-order valence-electron chi connectivity index (χ1n) is 11.4. The molecule has 3 aromatic rings. The number of hydrogen-bond acceptors (Lipinski definition) is 6. The minimum absolute atomic E-state index is 0.141. The molecule has 0 unspecified atom stereocenters. The van der Waals surface area contributed by atoms with Crippen LogP contribution in [0.25, 0.3) is 0 Å². The number of halogens is 1. The summed E-state index contributed by atoms with van der Waals surface area (Å²) in [5.74, 6) is -1.29. The van der Waals surface area contributed by atoms with E-state index in [1.807, 2.05) is 17.0 Å². The van der Waals surface area contributed by atoms with Gasteiger partial charge in [-0.15, -0.1) is 0 Å². The number of carbonyl (C=O) groups excluding carboxylic acids is 2. The number of nitrogens with zero attached hydrogens (tertiary/aromatic N) is 3. The monoisotopic (exact) mass is 463 g/mol. The Labute approximate surface area is 196 Å². The van der Waals surface area contributed by atoms with Crippen molar-refractivity contribution in [3.05, 3.63) is 71.2 Å². The van der Waals surface area contributed by atoms with Crippen molar-refractivity contribution < 1.29 is 18.4 Å². The van der Waals surface area contributed by atoms with Crippen LogP contribution in [0.15, 0.2) is 47.1 Å². The summed E-state index contributed by atoms with van der Waals surface area (Å²) in [6, 6.07) is 10.7. The molecule has 0 atom stereocenters. The van der Waals surface area contributed by atoms with E-state index in [2.05, 4.69) is 34.3 Å². The van der Waals surface area contributed by atoms with Gasteiger partial charge >= 0.3 is 0 Å². The number of nitrogens with one attached hydrogen (secondary N) is 1. The van der Waals surface area contributed by atoms with Crippen molar-refractivity contribution in [3.8, 4) is 0 Å². The van der Waals surface area contributed by atoms with E-state index >= 15 is 0 Å². The molecule has 2 fully saturated rings. The minimum Gasteiger partial charge on any atom is -0.448 e. The highest BCUT2D eigenvalue weighted by atomic mass is 19.1. The number of primary amides is 1. The number of oxazole rings is 1. The molecule has 1 saturated heterocycles. The largest absolute Gasteiger partial charge is 0.448 e. The molecule has 176 valence electrons. The second-order valence-corrected chi connectivity index (χ2v) is 8.77. The third kappa shape index (κ3) is 4.33. The van der Waals surface area contributed by atoms with Gasteiger partial charge in [0.1, 0.15) is 12.1 Å². The van der Waals surface area contributed by atoms with E-state index in [-0.39, 0.29) is 17.2 Å². The minimum atomic E-state index is -0.902. The van der Waals surface area contributed by atoms with Gasteiger partial charge in [-0.1, -0.05) is 18.2 Å². The van der Waals surface area contributed by atoms with Crippen LogP contribution < -0.4 is 20.9 Å². The van der Waals surface area contributed by atoms with Crippen LogP contribution in [-0.2, 0) is 0 Å². The summed E-state index contributed by atoms with van der Waals surface area (Å²) in [6.07, 6.45) is 3.32. The SMILES string of the molecule is Cc1ccccc1N1CCN(c2cc(F)c(C(N)=O)cc2NC(=O)c2coc(C3CC3)n2)CC1. The summed E-state index contributed by atoms with van der Waals surface area (Å²) in [7, 11) is 0. The maximum atomic E-state index is 14.7. The molecule has 0 bridgehead atoms. The number of benzene rings is 2. The molecule has 9 heteroatoms. The summed E-state index contributed by atoms with van der Waals surface area (Å²) in [6.45, 7) is 4.76. The Morgan fingerprint density at radius 3 is 2.41 bits per heavy atom. The standard InChI is InChI=1S/C25H26FN5O3/c1-15-4-2-3-5-21(15)30-8-10-31(11-9-30)22-13-18(26)17(23(27)32)12-19(22)28-24(33)20-14-34-25(29-20)16-6-7-16/h2-5,12-14,16H,6-11H2,1H3,(H2,27,32)(H,28,33). The lowest BCUT2D eigenvalue weighted by Crippen LogP contribution is -2.47. The van der Waals surface area contributed by atoms with Gasteiger partial charge < -0.3 is 25.3 Å². The van der Waals surface area contributed by atoms with E-state index in [0.717, 1.165) is 25.9 Å². The van der Waals surface area contributed by atoms with E-state index in [1.54, 1.807) is 0 Å². The molecule has 0 spiro atoms. The average molecular weight is 464 g/mol. The summed E-state index contributed by atoms with van der Waals surface area (Å²) in [5.41, 5.74) is 8.38. The number of amides is 2. The summed E-state index contributed by atoms with van der Waals surface area (Å²) >= 11 is 0. The van der Waals surface area contributed by atoms with Gasteiger partial charge in [0.05, 0.1) is 16.9 Å². The van der Waals surface area contributed by atoms with E-state index in [9.17, 15) is 14.0 Å². The van der Waals surface area contributed by atoms with Gasteiger partial charge in [0.15, 0.2) is 11.6 Å². The van der Waals surface area contributed by atoms with Gasteiger partial charge in [-0.25, -0.2) is 9.37 Å². The van der Waals surface area contributed by atoms with E-state index < -0.39 is 17.6 Å². The van der Waals surface area contributed by atoms with Gasteiger partial charge in [-0.05, 0) is 37.5 Å². The van der Waals surface area contributed by atoms with Crippen molar-refractivity contribution in [1.82, 2.24) is 4.98 Å². The molecule has 2 aromatic carbocycles. The third-order valence-corrected chi connectivity index (χ3v) is 6.36. The number of carbonyl (C=O) groups is 2. The fraction of sp³-hybridized carbons (Fsp3) is 0.320. The smallest absolute Gasteiger partial charge is 0.277 e. The molecule has 2 heterocycles. The fourth-order valence-corrected chi connectivity index (χ4v) is 4.32. The molecular weight excluding hydrogens is 437 g/mol. The van der Waals surface area contributed by atoms with Crippen LogP contribution in [0.5, 0.6) is 0 Å². The topological polar surface area (TPSA) is 105 Å². The lowest BCUT2D eigenvalue weighted by molar-refractivity contribution is 0.0992. The summed E-state index contributed by atoms with van der Waals surface area (Å²) < 4.78 is 20.1. The van der Waals surface area contributed by atoms with Crippen LogP contribution in [0.2, 0.25) is 0 Å². The quantitative estimate of drug-likeness (QED) is 0.578. The fourth-order valence-electron chi connectivity index (χ4n) is 4.32. The number of anilines is 3. The molecule has 0 radical (unpaired) electrons. The number of hydrogen-bond donors (Lipinski definition) is 2. The Bertz CT molecular complexity index is 1250. The van der Waals surface area contributed by atoms with Crippen LogP contribution in [0.3, 0.4) is 0 Å². The Morgan fingerprint density at radius 1 is 1.09 bits per heavy atom. The van der Waals surface area contributed by atoms with Crippen LogP contribution in [-0.4, -0.2) is 43.0 Å². The van der Waals surface area contributed by atoms with Crippen molar-refractivity contribution in [2.45, 2.75) is 25.7 Å². The maximum Gasteiger partial charge on any atom is 0.277 e. The van der Waals surface area contributed by atoms with Crippen LogP contribution >= 0.6 is 0 Å². The maximum absolute atomic E-state index is 14.7. The van der Waals surface area contributed by atoms with E-state index in [4.69, 9.17) is 10.2 Å². The molecule has 1 aliphatic heterocycles. The van der Waals surface area contributed by atoms with Gasteiger partial charge in [0, 0.05) is 43.9 Å². The number of nitrogens with two attached hydrogens (primary N) is 1. The van der Waals surface area contributed by atoms with Gasteiger partial charge in [-0.2, -0.15) is 0 Å². The number of aromatic nitrogens is 1. The van der Waals surface area contributed by atoms with Gasteiger partial charge in [0.25, 0.3) is 11.8 Å². The molecule has 2 amide bonds. The molecule has 1 aliphatic carbocycles.